The summed E-state index contributed by atoms with van der Waals surface area (Å²) in [6.45, 7) is 5.15. The molecule has 1 unspecified atom stereocenters. The van der Waals surface area contributed by atoms with Gasteiger partial charge in [-0.2, -0.15) is 0 Å². The second kappa shape index (κ2) is 46.9. The molecule has 0 saturated heterocycles. The van der Waals surface area contributed by atoms with Crippen LogP contribution in [-0.4, -0.2) is 130 Å². The van der Waals surface area contributed by atoms with Gasteiger partial charge in [-0.3, -0.25) is 24.1 Å². The Balaban J connectivity index is 0.000000124. The van der Waals surface area contributed by atoms with Crippen LogP contribution in [0, 0.1) is 5.82 Å². The molecule has 5 atom stereocenters. The fourth-order valence-electron chi connectivity index (χ4n) is 18.7. The quantitative estimate of drug-likeness (QED) is 0.0349. The van der Waals surface area contributed by atoms with Gasteiger partial charge in [-0.15, -0.1) is 11.8 Å². The van der Waals surface area contributed by atoms with Crippen LogP contribution < -0.4 is 23.7 Å². The summed E-state index contributed by atoms with van der Waals surface area (Å²) >= 11 is 1.75. The molecule has 712 valence electrons. The normalized spacial score (nSPS) is 15.1. The number of methoxy groups -OCH3 is 4. The van der Waals surface area contributed by atoms with Crippen LogP contribution in [0.15, 0.2) is 332 Å². The van der Waals surface area contributed by atoms with Crippen LogP contribution >= 0.6 is 11.8 Å². The molecule has 12 heterocycles. The van der Waals surface area contributed by atoms with E-state index in [0.29, 0.717) is 59.5 Å². The molecule has 21 rings (SSSR count). The summed E-state index contributed by atoms with van der Waals surface area (Å²) in [6, 6.07) is 90.7. The smallest absolute Gasteiger partial charge is 0.123 e. The van der Waals surface area contributed by atoms with Crippen LogP contribution in [0.3, 0.4) is 0 Å². The largest absolute Gasteiger partial charge is 0.497 e. The predicted molar refractivity (Wildman–Crippen MR) is 548 cm³/mol. The molecule has 0 amide bonds. The molecule has 4 aliphatic rings. The molecule has 140 heavy (non-hydrogen) atoms. The number of benzene rings is 9. The van der Waals surface area contributed by atoms with Crippen LogP contribution in [0.4, 0.5) is 4.39 Å². The molecule has 8 aromatic heterocycles. The maximum absolute atomic E-state index is 13.6. The van der Waals surface area contributed by atoms with Crippen molar-refractivity contribution in [3.63, 3.8) is 0 Å². The van der Waals surface area contributed by atoms with Crippen LogP contribution in [0.5, 0.6) is 28.7 Å². The second-order valence-electron chi connectivity index (χ2n) is 34.8. The Labute approximate surface area is 823 Å². The first-order chi connectivity index (χ1) is 68.9. The van der Waals surface area contributed by atoms with Gasteiger partial charge < -0.3 is 60.9 Å². The number of hydrogen-bond acceptors (Lipinski definition) is 19. The third-order valence-corrected chi connectivity index (χ3v) is 27.4. The minimum absolute atomic E-state index is 0.148. The van der Waals surface area contributed by atoms with Gasteiger partial charge in [-0.25, -0.2) is 24.3 Å². The third-order valence-electron chi connectivity index (χ3n) is 25.7. The average molecular weight is 1910 g/mol. The molecule has 0 bridgehead atoms. The zero-order valence-corrected chi connectivity index (χ0v) is 81.1. The zero-order valence-electron chi connectivity index (χ0n) is 79.5. The van der Waals surface area contributed by atoms with E-state index in [9.17, 15) is 8.60 Å². The number of pyridine rings is 4. The first-order valence-electron chi connectivity index (χ1n) is 47.4. The summed E-state index contributed by atoms with van der Waals surface area (Å²) in [6.07, 6.45) is 28.5. The fraction of sp³-hybridized carbons (Fsp3) is 0.252. The Morgan fingerprint density at radius 2 is 0.636 bits per heavy atom. The van der Waals surface area contributed by atoms with Gasteiger partial charge in [0.1, 0.15) is 64.5 Å². The molecule has 17 aromatic rings. The highest BCUT2D eigenvalue weighted by molar-refractivity contribution is 7.98. The van der Waals surface area contributed by atoms with Gasteiger partial charge in [-0.05, 0) is 230 Å². The van der Waals surface area contributed by atoms with Crippen molar-refractivity contribution in [1.29, 1.82) is 0 Å². The van der Waals surface area contributed by atoms with Crippen molar-refractivity contribution in [3.8, 4) is 119 Å². The van der Waals surface area contributed by atoms with Gasteiger partial charge in [0.15, 0.2) is 0 Å². The summed E-state index contributed by atoms with van der Waals surface area (Å²) in [5.74, 6) is 8.30. The molecule has 4 aliphatic heterocycles. The van der Waals surface area contributed by atoms with Crippen LogP contribution in [0.2, 0.25) is 0 Å². The van der Waals surface area contributed by atoms with E-state index in [-0.39, 0.29) is 30.0 Å². The molecule has 25 heteroatoms. The lowest BCUT2D eigenvalue weighted by atomic mass is 10.0. The summed E-state index contributed by atoms with van der Waals surface area (Å²) in [5, 5.41) is 0. The Kier molecular flexibility index (Phi) is 32.1. The summed E-state index contributed by atoms with van der Waals surface area (Å²) in [4.78, 5) is 39.2. The number of hydrogen-bond donors (Lipinski definition) is 0. The molecular formula is C115H113FN12O10S2. The van der Waals surface area contributed by atoms with Crippen molar-refractivity contribution in [2.45, 2.75) is 131 Å². The molecule has 0 N–H and O–H groups in total. The Morgan fingerprint density at radius 3 is 0.979 bits per heavy atom. The van der Waals surface area contributed by atoms with E-state index in [0.717, 1.165) is 239 Å². The van der Waals surface area contributed by atoms with Gasteiger partial charge in [-0.1, -0.05) is 115 Å². The summed E-state index contributed by atoms with van der Waals surface area (Å²) in [5.41, 5.74) is 22.4. The second-order valence-corrected chi connectivity index (χ2v) is 37.0. The van der Waals surface area contributed by atoms with E-state index < -0.39 is 10.8 Å². The SMILES string of the molecule is COc1ccc(COC[C@@H]2CCCc3nc(-c4ccc(S(C)=O)cc4)c(-c4ccncc4)n32)cc1.COc1ccc(COC[C@@H]2CCCc3nc(-c4ccc(SC)cc4)c(-c4ccncc4)n32)cc1.COc1ccc(COC[C@@H]2CCc3nc(-c4ccccc4)c(-c4ccncc4)n32)cc1.COc1ccc(COc2cccc(COC[C@@H]3CCc4nc(-c5ccc(F)cc5)c(-c5ccncc5)n43)c2)cc1. The lowest BCUT2D eigenvalue weighted by Gasteiger charge is -2.27. The Morgan fingerprint density at radius 1 is 0.321 bits per heavy atom. The van der Waals surface area contributed by atoms with E-state index in [1.54, 1.807) is 71.0 Å². The third kappa shape index (κ3) is 23.3. The number of aromatic nitrogens is 12. The van der Waals surface area contributed by atoms with E-state index in [4.69, 9.17) is 62.6 Å². The molecule has 0 radical (unpaired) electrons. The average Bonchev–Trinajstić information content (AvgIpc) is 1.62. The van der Waals surface area contributed by atoms with Crippen LogP contribution in [0.1, 0.15) is 114 Å². The van der Waals surface area contributed by atoms with E-state index >= 15 is 0 Å². The van der Waals surface area contributed by atoms with E-state index in [1.807, 2.05) is 201 Å². The van der Waals surface area contributed by atoms with Crippen molar-refractivity contribution < 1.29 is 51.2 Å². The van der Waals surface area contributed by atoms with Crippen molar-refractivity contribution in [2.24, 2.45) is 0 Å². The lowest BCUT2D eigenvalue weighted by Crippen LogP contribution is -2.23. The maximum atomic E-state index is 13.6. The van der Waals surface area contributed by atoms with Crippen LogP contribution in [-0.2, 0) is 88.5 Å². The molecule has 9 aromatic carbocycles. The number of ether oxygens (including phenoxy) is 9. The number of fused-ring (bicyclic) bond motifs is 4. The standard InChI is InChI=1S/C33H30FN3O3.C28H29N3O3S.C28H29N3O2S.C26H25N3O2/c1-38-29-12-5-23(6-13-29)21-40-30-4-2-3-24(19-30)20-39-22-28-11-14-31-36-32(25-7-9-27(34)10-8-25)33(37(28)31)26-15-17-35-18-16-26;1-33-24-10-6-20(7-11-24)18-34-19-23-4-3-5-26-30-27(21-8-12-25(13-9-21)35(2)32)28(31(23)26)22-14-16-29-17-15-22;1-32-24-10-6-20(7-11-24)18-33-19-23-4-3-5-26-30-27(21-8-12-25(34-2)13-9-21)28(31(23)26)22-14-16-29-17-15-22;1-30-23-10-7-19(8-11-23)17-31-18-22-9-12-24-28-25(20-5-3-2-4-6-20)26(29(22)24)21-13-15-27-16-14-21/h2-10,12-13,15-19,28H,11,14,20-22H2,1H3;6-17,23H,3-5,18-19H2,1-2H3;6-17,23H,3-5,18-19H2,1-2H3;2-8,10-11,13-16,22H,9,12,17-18H2,1H3/t28-;23-,35?;23-;22-/m0000/s1. The molecule has 0 saturated carbocycles. The highest BCUT2D eigenvalue weighted by Gasteiger charge is 2.35. The van der Waals surface area contributed by atoms with E-state index in [1.165, 1.54) is 17.0 Å². The number of imidazole rings is 4. The summed E-state index contributed by atoms with van der Waals surface area (Å²) < 4.78 is 86.8. The number of halogens is 1. The van der Waals surface area contributed by atoms with Crippen molar-refractivity contribution in [3.05, 3.63) is 379 Å². The minimum atomic E-state index is -1.01. The van der Waals surface area contributed by atoms with Gasteiger partial charge in [0.2, 0.25) is 0 Å². The molecule has 0 aliphatic carbocycles. The fourth-order valence-corrected chi connectivity index (χ4v) is 19.6. The molecule has 0 fully saturated rings. The van der Waals surface area contributed by atoms with Crippen LogP contribution in [0.25, 0.3) is 90.1 Å². The maximum Gasteiger partial charge on any atom is 0.123 e. The predicted octanol–water partition coefficient (Wildman–Crippen LogP) is 24.3. The zero-order chi connectivity index (χ0) is 95.9. The number of aryl methyl sites for hydroxylation is 4. The number of nitrogens with zero attached hydrogens (tertiary/aromatic N) is 12. The Bertz CT molecular complexity index is 6890. The highest BCUT2D eigenvalue weighted by Crippen LogP contribution is 2.46. The van der Waals surface area contributed by atoms with Crippen molar-refractivity contribution in [2.75, 3.05) is 67.4 Å². The van der Waals surface area contributed by atoms with Gasteiger partial charge in [0.25, 0.3) is 0 Å². The molecular weight excluding hydrogens is 1790 g/mol. The first-order valence-corrected chi connectivity index (χ1v) is 50.2. The minimum Gasteiger partial charge on any atom is -0.497 e. The number of rotatable bonds is 33. The lowest BCUT2D eigenvalue weighted by molar-refractivity contribution is 0.0827. The van der Waals surface area contributed by atoms with Gasteiger partial charge in [0, 0.05) is 147 Å². The van der Waals surface area contributed by atoms with E-state index in [2.05, 4.69) is 129 Å². The van der Waals surface area contributed by atoms with Crippen molar-refractivity contribution in [1.82, 2.24) is 58.1 Å². The molecule has 0 spiro atoms. The topological polar surface area (TPSA) is 223 Å². The first kappa shape index (κ1) is 96.0. The number of thioether (sulfide) groups is 1. The Hall–Kier alpha value is -14.3. The van der Waals surface area contributed by atoms with Crippen molar-refractivity contribution >= 4 is 22.6 Å². The highest BCUT2D eigenvalue weighted by atomic mass is 32.2. The van der Waals surface area contributed by atoms with Gasteiger partial charge >= 0.3 is 0 Å². The van der Waals surface area contributed by atoms with Gasteiger partial charge in [0.05, 0.1) is 151 Å². The summed E-state index contributed by atoms with van der Waals surface area (Å²) in [7, 11) is 5.68. The molecule has 22 nitrogen and oxygen atoms in total. The monoisotopic (exact) mass is 1900 g/mol.